The number of hydrogen-bond donors (Lipinski definition) is 1. The Bertz CT molecular complexity index is 1480. The Morgan fingerprint density at radius 1 is 1.19 bits per heavy atom. The number of carbonyl (C=O) groups excluding carboxylic acids is 2. The average molecular weight is 541 g/mol. The number of rotatable bonds is 4. The van der Waals surface area contributed by atoms with E-state index in [1.165, 1.54) is 0 Å². The first-order chi connectivity index (χ1) is 17.4. The van der Waals surface area contributed by atoms with Gasteiger partial charge in [0.15, 0.2) is 5.65 Å². The Morgan fingerprint density at radius 2 is 2.00 bits per heavy atom. The van der Waals surface area contributed by atoms with Gasteiger partial charge in [0.2, 0.25) is 0 Å². The molecule has 0 saturated carbocycles. The van der Waals surface area contributed by atoms with Crippen LogP contribution in [0.15, 0.2) is 36.5 Å². The number of fused-ring (bicyclic) bond motifs is 2. The zero-order valence-corrected chi connectivity index (χ0v) is 22.7. The topological polar surface area (TPSA) is 104 Å². The monoisotopic (exact) mass is 540 g/mol. The number of H-pyrrole nitrogens is 1. The third-order valence-electron chi connectivity index (χ3n) is 6.48. The molecule has 0 radical (unpaired) electrons. The van der Waals surface area contributed by atoms with Crippen LogP contribution in [0, 0.1) is 6.92 Å². The summed E-state index contributed by atoms with van der Waals surface area (Å²) in [6.07, 6.45) is 2.16. The SMILES string of the molecule is CCCOC(=O)N1CCN(C(=O)c2ccc3c(Cl)cc(-c4cnc5n[nH]c(C)c5c4)nc3c2)[C@@H](C)C1.S. The van der Waals surface area contributed by atoms with Gasteiger partial charge in [0.05, 0.1) is 22.8 Å². The summed E-state index contributed by atoms with van der Waals surface area (Å²) in [6, 6.07) is 9.02. The minimum absolute atomic E-state index is 0. The van der Waals surface area contributed by atoms with E-state index >= 15 is 0 Å². The highest BCUT2D eigenvalue weighted by atomic mass is 35.5. The van der Waals surface area contributed by atoms with E-state index in [1.807, 2.05) is 39.0 Å². The molecule has 1 aliphatic rings. The molecular weight excluding hydrogens is 512 g/mol. The van der Waals surface area contributed by atoms with E-state index < -0.39 is 0 Å². The molecule has 2 amide bonds. The molecule has 11 heteroatoms. The van der Waals surface area contributed by atoms with E-state index in [2.05, 4.69) is 15.2 Å². The van der Waals surface area contributed by atoms with Crippen molar-refractivity contribution in [1.82, 2.24) is 30.0 Å². The average Bonchev–Trinajstić information content (AvgIpc) is 3.26. The number of piperazine rings is 1. The van der Waals surface area contributed by atoms with Crippen LogP contribution >= 0.6 is 25.1 Å². The van der Waals surface area contributed by atoms with Crippen LogP contribution in [0.4, 0.5) is 4.79 Å². The fourth-order valence-electron chi connectivity index (χ4n) is 4.50. The fraction of sp³-hybridized carbons (Fsp3) is 0.346. The Hall–Kier alpha value is -3.37. The molecule has 1 aliphatic heterocycles. The van der Waals surface area contributed by atoms with E-state index in [1.54, 1.807) is 28.1 Å². The van der Waals surface area contributed by atoms with Gasteiger partial charge < -0.3 is 14.5 Å². The van der Waals surface area contributed by atoms with Gasteiger partial charge in [-0.05, 0) is 44.5 Å². The van der Waals surface area contributed by atoms with E-state index in [-0.39, 0.29) is 31.5 Å². The third kappa shape index (κ3) is 5.21. The van der Waals surface area contributed by atoms with Crippen molar-refractivity contribution >= 4 is 59.0 Å². The quantitative estimate of drug-likeness (QED) is 0.393. The zero-order valence-electron chi connectivity index (χ0n) is 20.9. The lowest BCUT2D eigenvalue weighted by Crippen LogP contribution is -2.55. The number of ether oxygens (including phenoxy) is 1. The predicted molar refractivity (Wildman–Crippen MR) is 148 cm³/mol. The van der Waals surface area contributed by atoms with Crippen molar-refractivity contribution in [2.75, 3.05) is 26.2 Å². The van der Waals surface area contributed by atoms with Gasteiger partial charge in [-0.25, -0.2) is 14.8 Å². The molecule has 4 heterocycles. The minimum atomic E-state index is -0.328. The molecule has 9 nitrogen and oxygen atoms in total. The van der Waals surface area contributed by atoms with Gasteiger partial charge in [-0.1, -0.05) is 24.6 Å². The second-order valence-corrected chi connectivity index (χ2v) is 9.48. The number of carbonyl (C=O) groups is 2. The maximum Gasteiger partial charge on any atom is 0.409 e. The van der Waals surface area contributed by atoms with E-state index in [0.717, 1.165) is 28.5 Å². The number of halogens is 1. The maximum absolute atomic E-state index is 13.4. The number of aryl methyl sites for hydroxylation is 1. The van der Waals surface area contributed by atoms with Gasteiger partial charge in [-0.3, -0.25) is 9.89 Å². The van der Waals surface area contributed by atoms with Crippen molar-refractivity contribution in [2.45, 2.75) is 33.2 Å². The lowest BCUT2D eigenvalue weighted by molar-refractivity contribution is 0.0414. The summed E-state index contributed by atoms with van der Waals surface area (Å²) in [5.74, 6) is -0.105. The largest absolute Gasteiger partial charge is 0.449 e. The second-order valence-electron chi connectivity index (χ2n) is 9.07. The predicted octanol–water partition coefficient (Wildman–Crippen LogP) is 4.94. The second kappa shape index (κ2) is 10.9. The number of pyridine rings is 2. The van der Waals surface area contributed by atoms with Crippen LogP contribution in [0.1, 0.15) is 36.3 Å². The first kappa shape index (κ1) is 26.7. The molecule has 0 bridgehead atoms. The van der Waals surface area contributed by atoms with Crippen LogP contribution < -0.4 is 0 Å². The molecule has 4 aromatic rings. The van der Waals surface area contributed by atoms with Gasteiger partial charge in [0.1, 0.15) is 0 Å². The molecule has 1 atom stereocenters. The van der Waals surface area contributed by atoms with Crippen LogP contribution in [-0.4, -0.2) is 74.2 Å². The Kier molecular flexibility index (Phi) is 7.89. The van der Waals surface area contributed by atoms with Crippen molar-refractivity contribution in [3.05, 3.63) is 52.8 Å². The van der Waals surface area contributed by atoms with Crippen LogP contribution in [0.3, 0.4) is 0 Å². The summed E-state index contributed by atoms with van der Waals surface area (Å²) in [7, 11) is 0. The number of aromatic amines is 1. The smallest absolute Gasteiger partial charge is 0.409 e. The summed E-state index contributed by atoms with van der Waals surface area (Å²) >= 11 is 6.60. The summed E-state index contributed by atoms with van der Waals surface area (Å²) < 4.78 is 5.25. The first-order valence-corrected chi connectivity index (χ1v) is 12.4. The van der Waals surface area contributed by atoms with Crippen molar-refractivity contribution in [3.63, 3.8) is 0 Å². The Morgan fingerprint density at radius 3 is 2.76 bits per heavy atom. The number of amides is 2. The lowest BCUT2D eigenvalue weighted by Gasteiger charge is -2.39. The van der Waals surface area contributed by atoms with Crippen LogP contribution in [0.5, 0.6) is 0 Å². The summed E-state index contributed by atoms with van der Waals surface area (Å²) in [6.45, 7) is 7.52. The number of hydrogen-bond acceptors (Lipinski definition) is 6. The number of nitrogens with one attached hydrogen (secondary N) is 1. The lowest BCUT2D eigenvalue weighted by atomic mass is 10.1. The molecule has 1 N–H and O–H groups in total. The zero-order chi connectivity index (χ0) is 25.4. The van der Waals surface area contributed by atoms with E-state index in [0.29, 0.717) is 53.7 Å². The molecule has 1 saturated heterocycles. The number of nitrogens with zero attached hydrogens (tertiary/aromatic N) is 5. The third-order valence-corrected chi connectivity index (χ3v) is 6.79. The fourth-order valence-corrected chi connectivity index (χ4v) is 4.76. The molecule has 3 aromatic heterocycles. The highest BCUT2D eigenvalue weighted by Crippen LogP contribution is 2.30. The van der Waals surface area contributed by atoms with Crippen molar-refractivity contribution in [2.24, 2.45) is 0 Å². The molecule has 5 rings (SSSR count). The molecule has 37 heavy (non-hydrogen) atoms. The molecule has 0 aliphatic carbocycles. The Balaban J connectivity index is 0.00000320. The van der Waals surface area contributed by atoms with Crippen LogP contribution in [0.2, 0.25) is 5.02 Å². The normalized spacial score (nSPS) is 15.6. The van der Waals surface area contributed by atoms with Crippen LogP contribution in [-0.2, 0) is 4.74 Å². The molecule has 1 fully saturated rings. The number of benzene rings is 1. The highest BCUT2D eigenvalue weighted by molar-refractivity contribution is 7.59. The van der Waals surface area contributed by atoms with Crippen molar-refractivity contribution < 1.29 is 14.3 Å². The van der Waals surface area contributed by atoms with Gasteiger partial charge in [-0.15, -0.1) is 0 Å². The van der Waals surface area contributed by atoms with Gasteiger partial charge in [-0.2, -0.15) is 18.6 Å². The molecule has 0 unspecified atom stereocenters. The Labute approximate surface area is 226 Å². The van der Waals surface area contributed by atoms with Gasteiger partial charge in [0.25, 0.3) is 5.91 Å². The van der Waals surface area contributed by atoms with E-state index in [4.69, 9.17) is 21.3 Å². The summed E-state index contributed by atoms with van der Waals surface area (Å²) in [5.41, 5.74) is 4.20. The van der Waals surface area contributed by atoms with Crippen molar-refractivity contribution in [1.29, 1.82) is 0 Å². The summed E-state index contributed by atoms with van der Waals surface area (Å²) in [4.78, 5) is 38.3. The van der Waals surface area contributed by atoms with Gasteiger partial charge in [0, 0.05) is 59.5 Å². The number of aromatic nitrogens is 4. The molecular formula is C26H29ClN6O3S. The summed E-state index contributed by atoms with van der Waals surface area (Å²) in [5, 5.41) is 9.35. The minimum Gasteiger partial charge on any atom is -0.449 e. The molecule has 1 aromatic carbocycles. The van der Waals surface area contributed by atoms with Gasteiger partial charge >= 0.3 is 6.09 Å². The standard InChI is InChI=1S/C26H27ClN6O3.H2S/c1-4-9-36-26(35)32-7-8-33(15(2)14-32)25(34)17-5-6-19-21(27)12-22(29-23(19)11-17)18-10-20-16(3)30-31-24(20)28-13-18;/h5-6,10-13,15H,4,7-9,14H2,1-3H3,(H,28,30,31);1H2/t15-;/m0./s1. The first-order valence-electron chi connectivity index (χ1n) is 12.0. The molecule has 194 valence electrons. The van der Waals surface area contributed by atoms with Crippen molar-refractivity contribution in [3.8, 4) is 11.3 Å². The van der Waals surface area contributed by atoms with Crippen LogP contribution in [0.25, 0.3) is 33.2 Å². The molecule has 0 spiro atoms. The maximum atomic E-state index is 13.4. The van der Waals surface area contributed by atoms with E-state index in [9.17, 15) is 9.59 Å². The highest BCUT2D eigenvalue weighted by Gasteiger charge is 2.31.